The number of para-hydroxylation sites is 2. The van der Waals surface area contributed by atoms with Crippen molar-refractivity contribution in [2.24, 2.45) is 16.0 Å². The van der Waals surface area contributed by atoms with E-state index in [9.17, 15) is 14.4 Å². The van der Waals surface area contributed by atoms with E-state index >= 15 is 0 Å². The first-order valence-electron chi connectivity index (χ1n) is 12.9. The fourth-order valence-corrected chi connectivity index (χ4v) is 6.17. The van der Waals surface area contributed by atoms with Gasteiger partial charge in [0, 0.05) is 10.7 Å². The molecule has 0 radical (unpaired) electrons. The Morgan fingerprint density at radius 1 is 0.951 bits per heavy atom. The molecule has 6 rings (SSSR count). The normalized spacial score (nSPS) is 18.7. The zero-order chi connectivity index (χ0) is 28.7. The summed E-state index contributed by atoms with van der Waals surface area (Å²) < 4.78 is 1.87. The highest BCUT2D eigenvalue weighted by atomic mass is 35.5. The number of carbonyl (C=O) groups excluding carboxylic acids is 2. The van der Waals surface area contributed by atoms with Gasteiger partial charge in [0.25, 0.3) is 17.4 Å². The number of fused-ring (bicyclic) bond motifs is 1. The third-order valence-electron chi connectivity index (χ3n) is 6.99. The van der Waals surface area contributed by atoms with Crippen molar-refractivity contribution in [3.8, 4) is 0 Å². The Hall–Kier alpha value is -4.60. The summed E-state index contributed by atoms with van der Waals surface area (Å²) in [5.41, 5.74) is 3.07. The Morgan fingerprint density at radius 3 is 2.29 bits per heavy atom. The molecule has 0 unspecified atom stereocenters. The summed E-state index contributed by atoms with van der Waals surface area (Å²) in [6.45, 7) is 3.53. The van der Waals surface area contributed by atoms with Crippen LogP contribution in [0.25, 0.3) is 6.08 Å². The third kappa shape index (κ3) is 4.94. The van der Waals surface area contributed by atoms with Crippen molar-refractivity contribution in [3.63, 3.8) is 0 Å². The van der Waals surface area contributed by atoms with Crippen molar-refractivity contribution in [3.05, 3.63) is 126 Å². The average molecular weight is 582 g/mol. The number of aromatic nitrogens is 1. The van der Waals surface area contributed by atoms with Crippen LogP contribution in [0.3, 0.4) is 0 Å². The monoisotopic (exact) mass is 581 g/mol. The second-order valence-corrected chi connectivity index (χ2v) is 11.1. The van der Waals surface area contributed by atoms with Gasteiger partial charge in [-0.3, -0.25) is 19.0 Å². The van der Waals surface area contributed by atoms with E-state index in [1.807, 2.05) is 48.5 Å². The molecule has 0 saturated carbocycles. The lowest BCUT2D eigenvalue weighted by Crippen LogP contribution is -2.41. The van der Waals surface area contributed by atoms with Crippen LogP contribution in [0.5, 0.6) is 0 Å². The van der Waals surface area contributed by atoms with Gasteiger partial charge in [-0.2, -0.15) is 10.1 Å². The molecule has 0 saturated heterocycles. The minimum atomic E-state index is -0.746. The average Bonchev–Trinajstić information content (AvgIpc) is 3.43. The molecule has 204 valence electrons. The number of hydrogen-bond donors (Lipinski definition) is 1. The lowest BCUT2D eigenvalue weighted by atomic mass is 9.95. The molecule has 2 aliphatic rings. The number of anilines is 2. The van der Waals surface area contributed by atoms with E-state index in [1.165, 1.54) is 20.9 Å². The van der Waals surface area contributed by atoms with E-state index in [-0.39, 0.29) is 17.4 Å². The van der Waals surface area contributed by atoms with Gasteiger partial charge in [-0.25, -0.2) is 4.99 Å². The van der Waals surface area contributed by atoms with E-state index in [0.29, 0.717) is 48.3 Å². The first-order chi connectivity index (χ1) is 19.8. The van der Waals surface area contributed by atoms with Crippen LogP contribution in [-0.2, 0) is 9.59 Å². The molecule has 2 amide bonds. The molecule has 2 aliphatic heterocycles. The molecule has 3 aromatic carbocycles. The molecule has 4 aromatic rings. The van der Waals surface area contributed by atoms with E-state index in [1.54, 1.807) is 56.3 Å². The first-order valence-corrected chi connectivity index (χ1v) is 14.1. The van der Waals surface area contributed by atoms with Crippen LogP contribution < -0.4 is 25.2 Å². The van der Waals surface area contributed by atoms with Crippen molar-refractivity contribution in [2.45, 2.75) is 19.9 Å². The molecule has 3 heterocycles. The van der Waals surface area contributed by atoms with Gasteiger partial charge in [0.2, 0.25) is 0 Å². The zero-order valence-corrected chi connectivity index (χ0v) is 23.7. The summed E-state index contributed by atoms with van der Waals surface area (Å²) in [4.78, 5) is 46.1. The molecule has 0 aliphatic carbocycles. The number of amides is 2. The van der Waals surface area contributed by atoms with Gasteiger partial charge in [-0.15, -0.1) is 0 Å². The van der Waals surface area contributed by atoms with Gasteiger partial charge in [-0.1, -0.05) is 71.5 Å². The van der Waals surface area contributed by atoms with E-state index < -0.39 is 12.0 Å². The molecule has 0 fully saturated rings. The number of thiazole rings is 1. The standard InChI is InChI=1S/C31H24ClN5O3S/c1-18-24(29(39)37(35-18)23-11-7-4-8-12-23)17-25-30(40)36-27(20-13-15-21(32)16-14-20)26(19(2)33-31(36)41-25)28(38)34-22-9-5-3-6-10-22/h3-17,24,27H,1-2H3,(H,34,38)/b25-17+/t24-,27+/m0/s1. The summed E-state index contributed by atoms with van der Waals surface area (Å²) in [6, 6.07) is 24.6. The van der Waals surface area contributed by atoms with Gasteiger partial charge in [0.15, 0.2) is 4.80 Å². The Balaban J connectivity index is 1.44. The Bertz CT molecular complexity index is 1910. The molecule has 8 nitrogen and oxygen atoms in total. The maximum Gasteiger partial charge on any atom is 0.270 e. The minimum absolute atomic E-state index is 0.243. The molecule has 41 heavy (non-hydrogen) atoms. The largest absolute Gasteiger partial charge is 0.322 e. The summed E-state index contributed by atoms with van der Waals surface area (Å²) in [5, 5.41) is 9.29. The predicted octanol–water partition coefficient (Wildman–Crippen LogP) is 4.52. The number of rotatable bonds is 5. The first kappa shape index (κ1) is 26.6. The maximum atomic E-state index is 14.0. The topological polar surface area (TPSA) is 96.1 Å². The highest BCUT2D eigenvalue weighted by Gasteiger charge is 2.35. The smallest absolute Gasteiger partial charge is 0.270 e. The molecule has 1 aromatic heterocycles. The van der Waals surface area contributed by atoms with E-state index in [4.69, 9.17) is 11.6 Å². The molecule has 2 atom stereocenters. The number of hydrogen-bond acceptors (Lipinski definition) is 6. The maximum absolute atomic E-state index is 14.0. The van der Waals surface area contributed by atoms with Crippen LogP contribution in [0.15, 0.2) is 111 Å². The van der Waals surface area contributed by atoms with Crippen molar-refractivity contribution < 1.29 is 9.59 Å². The summed E-state index contributed by atoms with van der Waals surface area (Å²) in [6.07, 6.45) is 1.65. The van der Waals surface area contributed by atoms with Crippen LogP contribution in [-0.4, -0.2) is 22.1 Å². The van der Waals surface area contributed by atoms with Gasteiger partial charge < -0.3 is 5.32 Å². The number of nitrogens with one attached hydrogen (secondary N) is 1. The molecular formula is C31H24ClN5O3S. The number of hydrazone groups is 1. The van der Waals surface area contributed by atoms with Crippen molar-refractivity contribution in [1.82, 2.24) is 4.57 Å². The molecule has 10 heteroatoms. The quantitative estimate of drug-likeness (QED) is 0.375. The zero-order valence-electron chi connectivity index (χ0n) is 22.1. The van der Waals surface area contributed by atoms with E-state index in [0.717, 1.165) is 0 Å². The predicted molar refractivity (Wildman–Crippen MR) is 162 cm³/mol. The fraction of sp³-hybridized carbons (Fsp3) is 0.129. The van der Waals surface area contributed by atoms with Gasteiger partial charge in [-0.05, 0) is 61.9 Å². The lowest BCUT2D eigenvalue weighted by Gasteiger charge is -2.25. The summed E-state index contributed by atoms with van der Waals surface area (Å²) in [7, 11) is 0. The molecule has 1 N–H and O–H groups in total. The van der Waals surface area contributed by atoms with Crippen LogP contribution in [0.1, 0.15) is 25.5 Å². The Kier molecular flexibility index (Phi) is 6.98. The Labute approximate surface area is 244 Å². The van der Waals surface area contributed by atoms with Gasteiger partial charge in [0.1, 0.15) is 5.92 Å². The number of benzene rings is 3. The van der Waals surface area contributed by atoms with Crippen molar-refractivity contribution in [1.29, 1.82) is 0 Å². The Morgan fingerprint density at radius 2 is 1.61 bits per heavy atom. The summed E-state index contributed by atoms with van der Waals surface area (Å²) in [5.74, 6) is -1.31. The van der Waals surface area contributed by atoms with Crippen molar-refractivity contribution >= 4 is 57.9 Å². The van der Waals surface area contributed by atoms with Crippen LogP contribution in [0.2, 0.25) is 5.02 Å². The second-order valence-electron chi connectivity index (χ2n) is 9.68. The molecule has 0 spiro atoms. The molecule has 0 bridgehead atoms. The highest BCUT2D eigenvalue weighted by Crippen LogP contribution is 2.31. The van der Waals surface area contributed by atoms with Crippen molar-refractivity contribution in [2.75, 3.05) is 10.3 Å². The van der Waals surface area contributed by atoms with Crippen LogP contribution in [0, 0.1) is 5.92 Å². The SMILES string of the molecule is CC1=NN(c2ccccc2)C(=O)[C@H]1/C=c1/sc2n(c1=O)[C@H](c1ccc(Cl)cc1)C(C(=O)Nc1ccccc1)=C(C)N=2. The number of carbonyl (C=O) groups is 2. The van der Waals surface area contributed by atoms with Crippen LogP contribution in [0.4, 0.5) is 11.4 Å². The van der Waals surface area contributed by atoms with Gasteiger partial charge >= 0.3 is 0 Å². The number of allylic oxidation sites excluding steroid dienone is 1. The second kappa shape index (κ2) is 10.8. The molecular weight excluding hydrogens is 558 g/mol. The van der Waals surface area contributed by atoms with E-state index in [2.05, 4.69) is 15.4 Å². The van der Waals surface area contributed by atoms with Gasteiger partial charge in [0.05, 0.1) is 33.2 Å². The highest BCUT2D eigenvalue weighted by molar-refractivity contribution is 7.07. The third-order valence-corrected chi connectivity index (χ3v) is 8.24. The number of halogens is 1. The fourth-order valence-electron chi connectivity index (χ4n) is 4.98. The lowest BCUT2D eigenvalue weighted by molar-refractivity contribution is -0.118. The minimum Gasteiger partial charge on any atom is -0.322 e. The summed E-state index contributed by atoms with van der Waals surface area (Å²) >= 11 is 7.35. The van der Waals surface area contributed by atoms with Crippen LogP contribution >= 0.6 is 22.9 Å². The number of nitrogens with zero attached hydrogens (tertiary/aromatic N) is 4.